The van der Waals surface area contributed by atoms with E-state index in [0.717, 1.165) is 11.6 Å². The highest BCUT2D eigenvalue weighted by Gasteiger charge is 2.24. The van der Waals surface area contributed by atoms with E-state index in [0.29, 0.717) is 11.3 Å². The zero-order valence-corrected chi connectivity index (χ0v) is 14.9. The fourth-order valence-electron chi connectivity index (χ4n) is 3.28. The Morgan fingerprint density at radius 2 is 1.96 bits per heavy atom. The van der Waals surface area contributed by atoms with Gasteiger partial charge in [0.05, 0.1) is 5.03 Å². The molecule has 1 aromatic carbocycles. The number of thioether (sulfide) groups is 1. The molecule has 1 unspecified atom stereocenters. The van der Waals surface area contributed by atoms with Crippen molar-refractivity contribution in [2.24, 2.45) is 0 Å². The van der Waals surface area contributed by atoms with Crippen LogP contribution in [0.15, 0.2) is 53.7 Å². The van der Waals surface area contributed by atoms with Crippen LogP contribution >= 0.6 is 11.8 Å². The van der Waals surface area contributed by atoms with Crippen LogP contribution in [0.2, 0.25) is 0 Å². The summed E-state index contributed by atoms with van der Waals surface area (Å²) < 4.78 is 0. The van der Waals surface area contributed by atoms with Crippen molar-refractivity contribution in [3.63, 3.8) is 0 Å². The minimum atomic E-state index is 0.509. The summed E-state index contributed by atoms with van der Waals surface area (Å²) in [5.74, 6) is 0. The zero-order chi connectivity index (χ0) is 16.1. The molecule has 3 rings (SSSR count). The summed E-state index contributed by atoms with van der Waals surface area (Å²) in [4.78, 5) is 7.29. The Hall–Kier alpha value is -1.32. The average molecular weight is 327 g/mol. The molecule has 0 amide bonds. The van der Waals surface area contributed by atoms with Crippen molar-refractivity contribution in [3.8, 4) is 0 Å². The maximum Gasteiger partial charge on any atom is 0.0962 e. The van der Waals surface area contributed by atoms with Crippen LogP contribution in [0.1, 0.15) is 50.3 Å². The largest absolute Gasteiger partial charge is 0.292 e. The highest BCUT2D eigenvalue weighted by molar-refractivity contribution is 7.99. The van der Waals surface area contributed by atoms with E-state index in [2.05, 4.69) is 72.4 Å². The predicted octanol–water partition coefficient (Wildman–Crippen LogP) is 5.31. The summed E-state index contributed by atoms with van der Waals surface area (Å²) in [7, 11) is 0. The Morgan fingerprint density at radius 1 is 1.13 bits per heavy atom. The number of hydrogen-bond donors (Lipinski definition) is 0. The average Bonchev–Trinajstić information content (AvgIpc) is 2.57. The summed E-state index contributed by atoms with van der Waals surface area (Å²) in [6.45, 7) is 6.64. The first-order chi connectivity index (χ1) is 11.2. The first-order valence-corrected chi connectivity index (χ1v) is 9.51. The summed E-state index contributed by atoms with van der Waals surface area (Å²) in [6, 6.07) is 15.8. The third-order valence-electron chi connectivity index (χ3n) is 4.34. The van der Waals surface area contributed by atoms with Gasteiger partial charge in [-0.05, 0) is 36.6 Å². The molecule has 2 aromatic rings. The number of piperidine rings is 1. The van der Waals surface area contributed by atoms with Crippen molar-refractivity contribution in [1.82, 2.24) is 9.88 Å². The van der Waals surface area contributed by atoms with Crippen LogP contribution in [0.25, 0.3) is 0 Å². The van der Waals surface area contributed by atoms with Crippen LogP contribution in [0.3, 0.4) is 0 Å². The van der Waals surface area contributed by atoms with Crippen molar-refractivity contribution >= 4 is 11.8 Å². The van der Waals surface area contributed by atoms with E-state index in [4.69, 9.17) is 0 Å². The summed E-state index contributed by atoms with van der Waals surface area (Å²) >= 11 is 1.83. The molecular weight excluding hydrogens is 300 g/mol. The molecule has 2 nitrogen and oxygen atoms in total. The van der Waals surface area contributed by atoms with Crippen molar-refractivity contribution in [2.75, 3.05) is 6.54 Å². The second-order valence-electron chi connectivity index (χ2n) is 6.56. The first-order valence-electron chi connectivity index (χ1n) is 8.63. The molecule has 0 aliphatic carbocycles. The molecule has 0 radical (unpaired) electrons. The molecule has 1 atom stereocenters. The quantitative estimate of drug-likeness (QED) is 0.693. The van der Waals surface area contributed by atoms with E-state index in [-0.39, 0.29) is 0 Å². The normalized spacial score (nSPS) is 19.2. The molecule has 122 valence electrons. The Morgan fingerprint density at radius 3 is 2.65 bits per heavy atom. The molecule has 3 heteroatoms. The van der Waals surface area contributed by atoms with Gasteiger partial charge in [-0.25, -0.2) is 4.98 Å². The SMILES string of the molecule is CC(C)Sc1ccc(C2CCCCN2Cc2ccccc2)cn1. The van der Waals surface area contributed by atoms with Gasteiger partial charge < -0.3 is 0 Å². The van der Waals surface area contributed by atoms with Gasteiger partial charge >= 0.3 is 0 Å². The maximum absolute atomic E-state index is 4.67. The van der Waals surface area contributed by atoms with Crippen molar-refractivity contribution < 1.29 is 0 Å². The van der Waals surface area contributed by atoms with Gasteiger partial charge in [0.15, 0.2) is 0 Å². The summed E-state index contributed by atoms with van der Waals surface area (Å²) in [6.07, 6.45) is 5.96. The number of aromatic nitrogens is 1. The fourth-order valence-corrected chi connectivity index (χ4v) is 4.02. The number of rotatable bonds is 5. The number of benzene rings is 1. The number of likely N-dealkylation sites (tertiary alicyclic amines) is 1. The number of hydrogen-bond acceptors (Lipinski definition) is 3. The van der Waals surface area contributed by atoms with E-state index < -0.39 is 0 Å². The lowest BCUT2D eigenvalue weighted by atomic mass is 9.96. The second kappa shape index (κ2) is 7.98. The molecule has 0 N–H and O–H groups in total. The lowest BCUT2D eigenvalue weighted by Crippen LogP contribution is -2.33. The molecule has 1 aromatic heterocycles. The standard InChI is InChI=1S/C20H26N2S/c1-16(2)23-20-12-11-18(14-21-20)19-10-6-7-13-22(19)15-17-8-4-3-5-9-17/h3-5,8-9,11-12,14,16,19H,6-7,10,13,15H2,1-2H3. The molecule has 0 saturated carbocycles. The third kappa shape index (κ3) is 4.58. The van der Waals surface area contributed by atoms with Crippen molar-refractivity contribution in [2.45, 2.75) is 56.0 Å². The predicted molar refractivity (Wildman–Crippen MR) is 98.7 cm³/mol. The van der Waals surface area contributed by atoms with Crippen LogP contribution in [0.4, 0.5) is 0 Å². The van der Waals surface area contributed by atoms with Crippen LogP contribution in [0.5, 0.6) is 0 Å². The van der Waals surface area contributed by atoms with E-state index in [1.165, 1.54) is 36.9 Å². The highest BCUT2D eigenvalue weighted by Crippen LogP contribution is 2.32. The minimum absolute atomic E-state index is 0.509. The Balaban J connectivity index is 1.73. The molecule has 2 heterocycles. The number of pyridine rings is 1. The highest BCUT2D eigenvalue weighted by atomic mass is 32.2. The Bertz CT molecular complexity index is 595. The van der Waals surface area contributed by atoms with Gasteiger partial charge in [0, 0.05) is 24.0 Å². The van der Waals surface area contributed by atoms with Gasteiger partial charge in [-0.2, -0.15) is 0 Å². The van der Waals surface area contributed by atoms with Crippen LogP contribution < -0.4 is 0 Å². The third-order valence-corrected chi connectivity index (χ3v) is 5.30. The summed E-state index contributed by atoms with van der Waals surface area (Å²) in [5, 5.41) is 1.71. The molecule has 0 spiro atoms. The van der Waals surface area contributed by atoms with Gasteiger partial charge in [-0.1, -0.05) is 56.7 Å². The fraction of sp³-hybridized carbons (Fsp3) is 0.450. The monoisotopic (exact) mass is 326 g/mol. The first kappa shape index (κ1) is 16.5. The van der Waals surface area contributed by atoms with Crippen LogP contribution in [-0.2, 0) is 6.54 Å². The minimum Gasteiger partial charge on any atom is -0.292 e. The molecule has 1 aliphatic rings. The van der Waals surface area contributed by atoms with E-state index >= 15 is 0 Å². The molecule has 0 bridgehead atoms. The lowest BCUT2D eigenvalue weighted by Gasteiger charge is -2.36. The maximum atomic E-state index is 4.67. The van der Waals surface area contributed by atoms with Gasteiger partial charge in [-0.15, -0.1) is 11.8 Å². The van der Waals surface area contributed by atoms with Gasteiger partial charge in [0.25, 0.3) is 0 Å². The van der Waals surface area contributed by atoms with Gasteiger partial charge in [-0.3, -0.25) is 4.90 Å². The van der Waals surface area contributed by atoms with Crippen LogP contribution in [-0.4, -0.2) is 21.7 Å². The van der Waals surface area contributed by atoms with Crippen molar-refractivity contribution in [1.29, 1.82) is 0 Å². The molecule has 1 aliphatic heterocycles. The Labute approximate surface area is 144 Å². The second-order valence-corrected chi connectivity index (χ2v) is 8.16. The van der Waals surface area contributed by atoms with E-state index in [9.17, 15) is 0 Å². The van der Waals surface area contributed by atoms with E-state index in [1.807, 2.05) is 11.8 Å². The smallest absolute Gasteiger partial charge is 0.0962 e. The molecule has 1 fully saturated rings. The lowest BCUT2D eigenvalue weighted by molar-refractivity contribution is 0.140. The van der Waals surface area contributed by atoms with Crippen molar-refractivity contribution in [3.05, 3.63) is 59.8 Å². The van der Waals surface area contributed by atoms with E-state index in [1.54, 1.807) is 0 Å². The molecular formula is C20H26N2S. The van der Waals surface area contributed by atoms with Crippen LogP contribution in [0, 0.1) is 0 Å². The Kier molecular flexibility index (Phi) is 5.74. The molecule has 23 heavy (non-hydrogen) atoms. The molecule has 1 saturated heterocycles. The zero-order valence-electron chi connectivity index (χ0n) is 14.1. The summed E-state index contributed by atoms with van der Waals surface area (Å²) in [5.41, 5.74) is 2.77. The number of nitrogens with zero attached hydrogens (tertiary/aromatic N) is 2. The van der Waals surface area contributed by atoms with Gasteiger partial charge in [0.1, 0.15) is 0 Å². The topological polar surface area (TPSA) is 16.1 Å². The van der Waals surface area contributed by atoms with Gasteiger partial charge in [0.2, 0.25) is 0 Å².